The number of aliphatic imine (C=N–C) groups is 1. The highest BCUT2D eigenvalue weighted by Crippen LogP contribution is 2.37. The summed E-state index contributed by atoms with van der Waals surface area (Å²) in [4.78, 5) is 6.91. The van der Waals surface area contributed by atoms with Gasteiger partial charge in [-0.25, -0.2) is 0 Å². The molecule has 3 rings (SSSR count). The molecule has 2 aliphatic heterocycles. The quantitative estimate of drug-likeness (QED) is 0.913. The second-order valence-electron chi connectivity index (χ2n) is 5.32. The zero-order valence-electron chi connectivity index (χ0n) is 12.2. The molecule has 0 aromatic heterocycles. The lowest BCUT2D eigenvalue weighted by atomic mass is 9.99. The van der Waals surface area contributed by atoms with Crippen LogP contribution in [0.25, 0.3) is 0 Å². The first-order chi connectivity index (χ1) is 9.72. The van der Waals surface area contributed by atoms with E-state index < -0.39 is 0 Å². The number of methoxy groups -OCH3 is 2. The van der Waals surface area contributed by atoms with Crippen LogP contribution in [0.2, 0.25) is 0 Å². The minimum absolute atomic E-state index is 0.296. The van der Waals surface area contributed by atoms with Crippen molar-refractivity contribution in [2.75, 3.05) is 27.3 Å². The Morgan fingerprint density at radius 2 is 2.15 bits per heavy atom. The van der Waals surface area contributed by atoms with Gasteiger partial charge < -0.3 is 19.7 Å². The topological polar surface area (TPSA) is 46.1 Å². The largest absolute Gasteiger partial charge is 0.497 e. The highest BCUT2D eigenvalue weighted by Gasteiger charge is 2.34. The van der Waals surface area contributed by atoms with Crippen molar-refractivity contribution >= 4 is 5.96 Å². The van der Waals surface area contributed by atoms with Crippen LogP contribution >= 0.6 is 0 Å². The maximum atomic E-state index is 5.53. The fourth-order valence-corrected chi connectivity index (χ4v) is 3.01. The van der Waals surface area contributed by atoms with E-state index in [1.807, 2.05) is 12.1 Å². The molecule has 1 fully saturated rings. The standard InChI is InChI=1S/C15H21N3O2/c1-10-9-18-13(6-7-16-15(18)17-10)12-8-11(19-2)4-5-14(12)20-3/h4-5,8,10,13H,6-7,9H2,1-3H3,(H,16,17). The lowest BCUT2D eigenvalue weighted by Crippen LogP contribution is -2.37. The summed E-state index contributed by atoms with van der Waals surface area (Å²) in [7, 11) is 3.41. The fraction of sp³-hybridized carbons (Fsp3) is 0.533. The van der Waals surface area contributed by atoms with Gasteiger partial charge >= 0.3 is 0 Å². The Morgan fingerprint density at radius 3 is 2.90 bits per heavy atom. The van der Waals surface area contributed by atoms with Crippen molar-refractivity contribution in [3.63, 3.8) is 0 Å². The number of hydrogen-bond acceptors (Lipinski definition) is 5. The van der Waals surface area contributed by atoms with Crippen molar-refractivity contribution in [3.05, 3.63) is 23.8 Å². The van der Waals surface area contributed by atoms with Crippen molar-refractivity contribution in [1.82, 2.24) is 10.2 Å². The lowest BCUT2D eigenvalue weighted by Gasteiger charge is -2.33. The third-order valence-corrected chi connectivity index (χ3v) is 3.95. The lowest BCUT2D eigenvalue weighted by molar-refractivity contribution is 0.292. The van der Waals surface area contributed by atoms with Crippen LogP contribution in [0.4, 0.5) is 0 Å². The minimum atomic E-state index is 0.296. The van der Waals surface area contributed by atoms with Gasteiger partial charge in [0.1, 0.15) is 11.5 Å². The van der Waals surface area contributed by atoms with Crippen LogP contribution in [0.5, 0.6) is 11.5 Å². The van der Waals surface area contributed by atoms with Gasteiger partial charge in [0.15, 0.2) is 5.96 Å². The number of benzene rings is 1. The van der Waals surface area contributed by atoms with E-state index in [0.29, 0.717) is 12.1 Å². The smallest absolute Gasteiger partial charge is 0.194 e. The molecule has 0 spiro atoms. The van der Waals surface area contributed by atoms with Crippen molar-refractivity contribution in [3.8, 4) is 11.5 Å². The Labute approximate surface area is 119 Å². The minimum Gasteiger partial charge on any atom is -0.497 e. The van der Waals surface area contributed by atoms with Crippen LogP contribution in [-0.4, -0.2) is 44.2 Å². The van der Waals surface area contributed by atoms with Gasteiger partial charge in [0.2, 0.25) is 0 Å². The molecule has 2 atom stereocenters. The van der Waals surface area contributed by atoms with E-state index >= 15 is 0 Å². The molecule has 2 aliphatic rings. The Balaban J connectivity index is 1.97. The average molecular weight is 275 g/mol. The van der Waals surface area contributed by atoms with E-state index in [1.54, 1.807) is 14.2 Å². The van der Waals surface area contributed by atoms with Crippen LogP contribution in [0, 0.1) is 0 Å². The summed E-state index contributed by atoms with van der Waals surface area (Å²) >= 11 is 0. The molecule has 1 N–H and O–H groups in total. The predicted molar refractivity (Wildman–Crippen MR) is 78.5 cm³/mol. The van der Waals surface area contributed by atoms with Crippen molar-refractivity contribution in [1.29, 1.82) is 0 Å². The number of fused-ring (bicyclic) bond motifs is 1. The molecule has 5 nitrogen and oxygen atoms in total. The number of nitrogens with one attached hydrogen (secondary N) is 1. The van der Waals surface area contributed by atoms with Crippen molar-refractivity contribution < 1.29 is 9.47 Å². The Kier molecular flexibility index (Phi) is 3.42. The first kappa shape index (κ1) is 13.1. The van der Waals surface area contributed by atoms with E-state index in [2.05, 4.69) is 28.2 Å². The number of hydrogen-bond donors (Lipinski definition) is 1. The first-order valence-corrected chi connectivity index (χ1v) is 7.02. The summed E-state index contributed by atoms with van der Waals surface area (Å²) in [6.45, 7) is 4.00. The molecule has 1 aromatic carbocycles. The molecular weight excluding hydrogens is 254 g/mol. The third kappa shape index (κ3) is 2.17. The van der Waals surface area contributed by atoms with Crippen LogP contribution in [0.3, 0.4) is 0 Å². The van der Waals surface area contributed by atoms with Gasteiger partial charge in [-0.15, -0.1) is 0 Å². The molecule has 0 bridgehead atoms. The van der Waals surface area contributed by atoms with Gasteiger partial charge in [0, 0.05) is 24.7 Å². The second-order valence-corrected chi connectivity index (χ2v) is 5.32. The van der Waals surface area contributed by atoms with Crippen LogP contribution < -0.4 is 14.8 Å². The van der Waals surface area contributed by atoms with Gasteiger partial charge in [0.05, 0.1) is 20.3 Å². The second kappa shape index (κ2) is 5.23. The van der Waals surface area contributed by atoms with Crippen LogP contribution in [0.1, 0.15) is 24.9 Å². The maximum Gasteiger partial charge on any atom is 0.194 e. The Morgan fingerprint density at radius 1 is 1.30 bits per heavy atom. The maximum absolute atomic E-state index is 5.53. The number of rotatable bonds is 3. The molecule has 0 amide bonds. The highest BCUT2D eigenvalue weighted by molar-refractivity contribution is 5.83. The molecule has 5 heteroatoms. The zero-order valence-corrected chi connectivity index (χ0v) is 12.2. The van der Waals surface area contributed by atoms with Gasteiger partial charge in [0.25, 0.3) is 0 Å². The molecule has 2 unspecified atom stereocenters. The molecule has 0 radical (unpaired) electrons. The molecule has 108 valence electrons. The summed E-state index contributed by atoms with van der Waals surface area (Å²) < 4.78 is 10.9. The van der Waals surface area contributed by atoms with Gasteiger partial charge in [-0.1, -0.05) is 0 Å². The Bertz CT molecular complexity index is 530. The van der Waals surface area contributed by atoms with Crippen molar-refractivity contribution in [2.24, 2.45) is 4.99 Å². The monoisotopic (exact) mass is 275 g/mol. The SMILES string of the molecule is COc1ccc(OC)c(C2CCN=C3NC(C)CN32)c1. The van der Waals surface area contributed by atoms with Crippen LogP contribution in [-0.2, 0) is 0 Å². The number of nitrogens with zero attached hydrogens (tertiary/aromatic N) is 2. The van der Waals surface area contributed by atoms with Crippen molar-refractivity contribution in [2.45, 2.75) is 25.4 Å². The van der Waals surface area contributed by atoms with Crippen LogP contribution in [0.15, 0.2) is 23.2 Å². The average Bonchev–Trinajstić information content (AvgIpc) is 2.86. The van der Waals surface area contributed by atoms with E-state index in [0.717, 1.165) is 37.0 Å². The summed E-state index contributed by atoms with van der Waals surface area (Å²) in [6, 6.07) is 6.73. The molecular formula is C15H21N3O2. The molecule has 2 heterocycles. The normalized spacial score (nSPS) is 24.8. The van der Waals surface area contributed by atoms with Gasteiger partial charge in [-0.05, 0) is 31.5 Å². The molecule has 0 aliphatic carbocycles. The third-order valence-electron chi connectivity index (χ3n) is 3.95. The summed E-state index contributed by atoms with van der Waals surface area (Å²) in [5, 5.41) is 3.43. The van der Waals surface area contributed by atoms with E-state index in [4.69, 9.17) is 9.47 Å². The fourth-order valence-electron chi connectivity index (χ4n) is 3.01. The Hall–Kier alpha value is -1.91. The molecule has 1 saturated heterocycles. The summed E-state index contributed by atoms with van der Waals surface area (Å²) in [5.74, 6) is 2.79. The first-order valence-electron chi connectivity index (χ1n) is 7.02. The molecule has 20 heavy (non-hydrogen) atoms. The zero-order chi connectivity index (χ0) is 14.1. The summed E-state index contributed by atoms with van der Waals surface area (Å²) in [5.41, 5.74) is 1.18. The van der Waals surface area contributed by atoms with E-state index in [-0.39, 0.29) is 0 Å². The van der Waals surface area contributed by atoms with Gasteiger partial charge in [-0.3, -0.25) is 4.99 Å². The number of guanidine groups is 1. The van der Waals surface area contributed by atoms with Gasteiger partial charge in [-0.2, -0.15) is 0 Å². The number of ether oxygens (including phenoxy) is 2. The van der Waals surface area contributed by atoms with E-state index in [1.165, 1.54) is 5.56 Å². The van der Waals surface area contributed by atoms with E-state index in [9.17, 15) is 0 Å². The molecule has 0 saturated carbocycles. The predicted octanol–water partition coefficient (Wildman–Crippen LogP) is 1.80. The molecule has 1 aromatic rings. The highest BCUT2D eigenvalue weighted by atomic mass is 16.5. The summed E-state index contributed by atoms with van der Waals surface area (Å²) in [6.07, 6.45) is 1.00.